The minimum Gasteiger partial charge on any atom is -0.306 e. The second-order valence-corrected chi connectivity index (χ2v) is 5.59. The molecule has 0 amide bonds. The van der Waals surface area contributed by atoms with E-state index in [1.54, 1.807) is 22.7 Å². The van der Waals surface area contributed by atoms with Crippen molar-refractivity contribution in [1.82, 2.24) is 10.3 Å². The predicted octanol–water partition coefficient (Wildman–Crippen LogP) is 3.46. The van der Waals surface area contributed by atoms with Gasteiger partial charge in [-0.1, -0.05) is 11.6 Å². The van der Waals surface area contributed by atoms with E-state index >= 15 is 0 Å². The van der Waals surface area contributed by atoms with E-state index in [2.05, 4.69) is 15.7 Å². The molecule has 15 heavy (non-hydrogen) atoms. The molecule has 0 spiro atoms. The second kappa shape index (κ2) is 5.07. The Morgan fingerprint density at radius 2 is 2.20 bits per heavy atom. The van der Waals surface area contributed by atoms with Gasteiger partial charge in [0.1, 0.15) is 5.01 Å². The molecule has 2 aromatic rings. The van der Waals surface area contributed by atoms with Crippen molar-refractivity contribution in [2.45, 2.75) is 20.0 Å². The number of nitrogens with one attached hydrogen (secondary N) is 1. The SMILES string of the molecule is Cc1csc(CNCc2cc(Cl)cs2)n1. The first-order chi connectivity index (χ1) is 7.24. The van der Waals surface area contributed by atoms with Crippen LogP contribution in [0.25, 0.3) is 0 Å². The van der Waals surface area contributed by atoms with E-state index in [4.69, 9.17) is 11.6 Å². The van der Waals surface area contributed by atoms with Gasteiger partial charge in [-0.15, -0.1) is 22.7 Å². The van der Waals surface area contributed by atoms with Crippen molar-refractivity contribution in [1.29, 1.82) is 0 Å². The second-order valence-electron chi connectivity index (χ2n) is 3.22. The molecule has 0 unspecified atom stereocenters. The van der Waals surface area contributed by atoms with Gasteiger partial charge in [0.25, 0.3) is 0 Å². The normalized spacial score (nSPS) is 10.8. The van der Waals surface area contributed by atoms with E-state index in [0.717, 1.165) is 28.8 Å². The third kappa shape index (κ3) is 3.28. The van der Waals surface area contributed by atoms with Gasteiger partial charge in [-0.05, 0) is 13.0 Å². The summed E-state index contributed by atoms with van der Waals surface area (Å²) < 4.78 is 0. The maximum absolute atomic E-state index is 5.83. The maximum atomic E-state index is 5.83. The molecule has 0 saturated carbocycles. The molecule has 2 rings (SSSR count). The predicted molar refractivity (Wildman–Crippen MR) is 66.7 cm³/mol. The molecule has 0 saturated heterocycles. The molecule has 2 heterocycles. The van der Waals surface area contributed by atoms with Gasteiger partial charge in [0, 0.05) is 34.4 Å². The number of halogens is 1. The number of nitrogens with zero attached hydrogens (tertiary/aromatic N) is 1. The average molecular weight is 259 g/mol. The number of aryl methyl sites for hydroxylation is 1. The van der Waals surface area contributed by atoms with Gasteiger partial charge in [-0.25, -0.2) is 4.98 Å². The summed E-state index contributed by atoms with van der Waals surface area (Å²) in [6.45, 7) is 3.70. The fourth-order valence-corrected chi connectivity index (χ4v) is 3.01. The van der Waals surface area contributed by atoms with Gasteiger partial charge >= 0.3 is 0 Å². The Balaban J connectivity index is 1.80. The summed E-state index contributed by atoms with van der Waals surface area (Å²) in [7, 11) is 0. The maximum Gasteiger partial charge on any atom is 0.107 e. The van der Waals surface area contributed by atoms with Crippen LogP contribution in [0.5, 0.6) is 0 Å². The molecule has 80 valence electrons. The summed E-state index contributed by atoms with van der Waals surface area (Å²) in [4.78, 5) is 5.64. The van der Waals surface area contributed by atoms with Crippen LogP contribution in [0.1, 0.15) is 15.6 Å². The lowest BCUT2D eigenvalue weighted by Gasteiger charge is -1.98. The highest BCUT2D eigenvalue weighted by Crippen LogP contribution is 2.18. The van der Waals surface area contributed by atoms with Crippen LogP contribution >= 0.6 is 34.3 Å². The summed E-state index contributed by atoms with van der Waals surface area (Å²) >= 11 is 9.20. The standard InChI is InChI=1S/C10H11ClN2S2/c1-7-5-15-10(13-7)4-12-3-9-2-8(11)6-14-9/h2,5-6,12H,3-4H2,1H3. The zero-order chi connectivity index (χ0) is 10.7. The largest absolute Gasteiger partial charge is 0.306 e. The van der Waals surface area contributed by atoms with Crippen molar-refractivity contribution in [3.05, 3.63) is 37.4 Å². The molecule has 0 aromatic carbocycles. The van der Waals surface area contributed by atoms with Crippen molar-refractivity contribution in [2.24, 2.45) is 0 Å². The lowest BCUT2D eigenvalue weighted by Crippen LogP contribution is -2.11. The third-order valence-corrected chi connectivity index (χ3v) is 4.11. The number of aromatic nitrogens is 1. The fraction of sp³-hybridized carbons (Fsp3) is 0.300. The molecular formula is C10H11ClN2S2. The van der Waals surface area contributed by atoms with Crippen LogP contribution in [0.2, 0.25) is 5.02 Å². The zero-order valence-electron chi connectivity index (χ0n) is 8.29. The fourth-order valence-electron chi connectivity index (χ4n) is 1.22. The highest BCUT2D eigenvalue weighted by Gasteiger charge is 2.00. The van der Waals surface area contributed by atoms with Gasteiger partial charge in [0.15, 0.2) is 0 Å². The van der Waals surface area contributed by atoms with Gasteiger partial charge in [-0.3, -0.25) is 0 Å². The highest BCUT2D eigenvalue weighted by atomic mass is 35.5. The van der Waals surface area contributed by atoms with E-state index in [-0.39, 0.29) is 0 Å². The van der Waals surface area contributed by atoms with Crippen LogP contribution in [0.3, 0.4) is 0 Å². The molecular weight excluding hydrogens is 248 g/mol. The van der Waals surface area contributed by atoms with E-state index in [1.807, 2.05) is 18.4 Å². The molecule has 0 atom stereocenters. The van der Waals surface area contributed by atoms with E-state index < -0.39 is 0 Å². The van der Waals surface area contributed by atoms with Crippen LogP contribution in [0, 0.1) is 6.92 Å². The summed E-state index contributed by atoms with van der Waals surface area (Å²) in [5, 5.41) is 9.32. The first-order valence-electron chi connectivity index (χ1n) is 4.58. The minimum absolute atomic E-state index is 0.821. The summed E-state index contributed by atoms with van der Waals surface area (Å²) in [6.07, 6.45) is 0. The number of hydrogen-bond donors (Lipinski definition) is 1. The molecule has 0 bridgehead atoms. The quantitative estimate of drug-likeness (QED) is 0.909. The van der Waals surface area contributed by atoms with Crippen LogP contribution in [0.15, 0.2) is 16.8 Å². The van der Waals surface area contributed by atoms with Crippen LogP contribution in [0.4, 0.5) is 0 Å². The molecule has 2 aromatic heterocycles. The van der Waals surface area contributed by atoms with E-state index in [1.165, 1.54) is 4.88 Å². The number of rotatable bonds is 4. The Labute approximate surface area is 102 Å². The topological polar surface area (TPSA) is 24.9 Å². The average Bonchev–Trinajstić information content (AvgIpc) is 2.76. The van der Waals surface area contributed by atoms with Crippen LogP contribution < -0.4 is 5.32 Å². The Morgan fingerprint density at radius 1 is 1.33 bits per heavy atom. The monoisotopic (exact) mass is 258 g/mol. The Morgan fingerprint density at radius 3 is 2.80 bits per heavy atom. The highest BCUT2D eigenvalue weighted by molar-refractivity contribution is 7.10. The van der Waals surface area contributed by atoms with E-state index in [9.17, 15) is 0 Å². The molecule has 2 nitrogen and oxygen atoms in total. The van der Waals surface area contributed by atoms with Crippen LogP contribution in [-0.4, -0.2) is 4.98 Å². The molecule has 0 aliphatic heterocycles. The molecule has 1 N–H and O–H groups in total. The minimum atomic E-state index is 0.821. The first kappa shape index (κ1) is 11.1. The zero-order valence-corrected chi connectivity index (χ0v) is 10.7. The van der Waals surface area contributed by atoms with Crippen molar-refractivity contribution in [3.63, 3.8) is 0 Å². The number of thiazole rings is 1. The lowest BCUT2D eigenvalue weighted by atomic mass is 10.4. The first-order valence-corrected chi connectivity index (χ1v) is 6.72. The van der Waals surface area contributed by atoms with Gasteiger partial charge in [-0.2, -0.15) is 0 Å². The smallest absolute Gasteiger partial charge is 0.107 e. The molecule has 0 aliphatic rings. The Hall–Kier alpha value is -0.420. The molecule has 0 aliphatic carbocycles. The number of thiophene rings is 1. The Kier molecular flexibility index (Phi) is 3.75. The lowest BCUT2D eigenvalue weighted by molar-refractivity contribution is 0.696. The van der Waals surface area contributed by atoms with Crippen molar-refractivity contribution in [2.75, 3.05) is 0 Å². The van der Waals surface area contributed by atoms with Crippen LogP contribution in [-0.2, 0) is 13.1 Å². The molecule has 0 radical (unpaired) electrons. The van der Waals surface area contributed by atoms with E-state index in [0.29, 0.717) is 0 Å². The number of hydrogen-bond acceptors (Lipinski definition) is 4. The van der Waals surface area contributed by atoms with Crippen molar-refractivity contribution < 1.29 is 0 Å². The Bertz CT molecular complexity index is 396. The molecule has 5 heteroatoms. The molecule has 0 fully saturated rings. The van der Waals surface area contributed by atoms with Crippen molar-refractivity contribution in [3.8, 4) is 0 Å². The van der Waals surface area contributed by atoms with Gasteiger partial charge < -0.3 is 5.32 Å². The third-order valence-electron chi connectivity index (χ3n) is 1.86. The summed E-state index contributed by atoms with van der Waals surface area (Å²) in [5.74, 6) is 0. The summed E-state index contributed by atoms with van der Waals surface area (Å²) in [5.41, 5.74) is 1.09. The van der Waals surface area contributed by atoms with Crippen molar-refractivity contribution >= 4 is 34.3 Å². The summed E-state index contributed by atoms with van der Waals surface area (Å²) in [6, 6.07) is 1.99. The van der Waals surface area contributed by atoms with Gasteiger partial charge in [0.05, 0.1) is 5.02 Å². The van der Waals surface area contributed by atoms with Gasteiger partial charge in [0.2, 0.25) is 0 Å².